The van der Waals surface area contributed by atoms with E-state index < -0.39 is 6.10 Å². The molecule has 0 spiro atoms. The van der Waals surface area contributed by atoms with Crippen LogP contribution in [-0.2, 0) is 9.53 Å². The maximum Gasteiger partial charge on any atom is 0.141 e. The van der Waals surface area contributed by atoms with Crippen molar-refractivity contribution >= 4 is 5.78 Å². The van der Waals surface area contributed by atoms with Gasteiger partial charge in [-0.2, -0.15) is 0 Å². The summed E-state index contributed by atoms with van der Waals surface area (Å²) in [5.41, 5.74) is -0.389. The van der Waals surface area contributed by atoms with Gasteiger partial charge in [-0.1, -0.05) is 6.08 Å². The third kappa shape index (κ3) is 1.51. The summed E-state index contributed by atoms with van der Waals surface area (Å²) in [6, 6.07) is 0. The summed E-state index contributed by atoms with van der Waals surface area (Å²) in [7, 11) is 0. The van der Waals surface area contributed by atoms with E-state index in [-0.39, 0.29) is 17.3 Å². The van der Waals surface area contributed by atoms with Crippen LogP contribution in [0.2, 0.25) is 0 Å². The number of rotatable bonds is 3. The number of hydrogen-bond acceptors (Lipinski definition) is 3. The lowest BCUT2D eigenvalue weighted by Gasteiger charge is -2.47. The van der Waals surface area contributed by atoms with Gasteiger partial charge in [-0.15, -0.1) is 6.58 Å². The molecule has 3 fully saturated rings. The average Bonchev–Trinajstić information content (AvgIpc) is 2.15. The van der Waals surface area contributed by atoms with Crippen molar-refractivity contribution < 1.29 is 14.6 Å². The van der Waals surface area contributed by atoms with Crippen LogP contribution in [0.5, 0.6) is 0 Å². The van der Waals surface area contributed by atoms with Gasteiger partial charge in [0.25, 0.3) is 0 Å². The van der Waals surface area contributed by atoms with E-state index in [2.05, 4.69) is 6.58 Å². The molecule has 78 valence electrons. The Morgan fingerprint density at radius 2 is 2.50 bits per heavy atom. The Bertz CT molecular complexity index is 261. The molecule has 3 rings (SSSR count). The van der Waals surface area contributed by atoms with Gasteiger partial charge in [0.1, 0.15) is 5.78 Å². The second-order valence-corrected chi connectivity index (χ2v) is 4.34. The van der Waals surface area contributed by atoms with E-state index in [0.717, 1.165) is 12.8 Å². The molecule has 3 heteroatoms. The molecule has 2 bridgehead atoms. The van der Waals surface area contributed by atoms with E-state index in [9.17, 15) is 9.90 Å². The maximum absolute atomic E-state index is 11.6. The molecular weight excluding hydrogens is 180 g/mol. The third-order valence-corrected chi connectivity index (χ3v) is 3.37. The van der Waals surface area contributed by atoms with Crippen molar-refractivity contribution in [3.05, 3.63) is 12.7 Å². The van der Waals surface area contributed by atoms with Crippen molar-refractivity contribution in [2.45, 2.75) is 37.4 Å². The summed E-state index contributed by atoms with van der Waals surface area (Å²) >= 11 is 0. The molecule has 0 amide bonds. The Kier molecular flexibility index (Phi) is 2.45. The molecule has 3 aliphatic carbocycles. The molecule has 1 N–H and O–H groups in total. The predicted molar refractivity (Wildman–Crippen MR) is 51.9 cm³/mol. The van der Waals surface area contributed by atoms with E-state index >= 15 is 0 Å². The van der Waals surface area contributed by atoms with Crippen LogP contribution in [0.25, 0.3) is 0 Å². The Morgan fingerprint density at radius 1 is 1.71 bits per heavy atom. The minimum atomic E-state index is -0.491. The molecule has 0 saturated heterocycles. The van der Waals surface area contributed by atoms with Gasteiger partial charge in [-0.05, 0) is 12.8 Å². The molecule has 0 heterocycles. The number of hydrogen-bond donors (Lipinski definition) is 1. The topological polar surface area (TPSA) is 46.5 Å². The Balaban J connectivity index is 2.10. The van der Waals surface area contributed by atoms with E-state index in [1.54, 1.807) is 6.08 Å². The summed E-state index contributed by atoms with van der Waals surface area (Å²) in [4.78, 5) is 11.6. The van der Waals surface area contributed by atoms with Gasteiger partial charge in [-0.3, -0.25) is 4.79 Å². The van der Waals surface area contributed by atoms with E-state index in [1.165, 1.54) is 0 Å². The van der Waals surface area contributed by atoms with Gasteiger partial charge in [0, 0.05) is 18.8 Å². The first-order valence-corrected chi connectivity index (χ1v) is 5.12. The van der Waals surface area contributed by atoms with Crippen LogP contribution in [-0.4, -0.2) is 29.2 Å². The van der Waals surface area contributed by atoms with Crippen LogP contribution in [0, 0.1) is 5.92 Å². The highest BCUT2D eigenvalue weighted by Gasteiger charge is 2.50. The normalized spacial score (nSPS) is 41.4. The predicted octanol–water partition coefficient (Wildman–Crippen LogP) is 1.06. The molecular formula is C11H16O3. The van der Waals surface area contributed by atoms with Crippen LogP contribution in [0.4, 0.5) is 0 Å². The van der Waals surface area contributed by atoms with Gasteiger partial charge in [-0.25, -0.2) is 0 Å². The third-order valence-electron chi connectivity index (χ3n) is 3.37. The number of carbonyl (C=O) groups is 1. The monoisotopic (exact) mass is 196 g/mol. The van der Waals surface area contributed by atoms with Crippen molar-refractivity contribution in [1.82, 2.24) is 0 Å². The fourth-order valence-corrected chi connectivity index (χ4v) is 2.64. The fourth-order valence-electron chi connectivity index (χ4n) is 2.64. The Labute approximate surface area is 83.8 Å². The summed E-state index contributed by atoms with van der Waals surface area (Å²) in [5.74, 6) is 0.0447. The van der Waals surface area contributed by atoms with Gasteiger partial charge in [0.05, 0.1) is 18.3 Å². The van der Waals surface area contributed by atoms with Crippen molar-refractivity contribution in [3.8, 4) is 0 Å². The fraction of sp³-hybridized carbons (Fsp3) is 0.727. The second-order valence-electron chi connectivity index (χ2n) is 4.34. The summed E-state index contributed by atoms with van der Waals surface area (Å²) < 4.78 is 5.65. The molecule has 0 aromatic rings. The van der Waals surface area contributed by atoms with Crippen molar-refractivity contribution in [2.75, 3.05) is 6.61 Å². The minimum Gasteiger partial charge on any atom is -0.392 e. The van der Waals surface area contributed by atoms with Crippen LogP contribution in [0.15, 0.2) is 12.7 Å². The number of aliphatic hydroxyl groups is 1. The molecule has 3 unspecified atom stereocenters. The maximum atomic E-state index is 11.6. The van der Waals surface area contributed by atoms with Crippen LogP contribution >= 0.6 is 0 Å². The largest absolute Gasteiger partial charge is 0.392 e. The highest BCUT2D eigenvalue weighted by atomic mass is 16.5. The van der Waals surface area contributed by atoms with E-state index in [0.29, 0.717) is 19.4 Å². The van der Waals surface area contributed by atoms with Crippen LogP contribution in [0.1, 0.15) is 25.7 Å². The Morgan fingerprint density at radius 3 is 3.07 bits per heavy atom. The van der Waals surface area contributed by atoms with Crippen molar-refractivity contribution in [2.24, 2.45) is 5.92 Å². The standard InChI is InChI=1S/C11H16O3/c1-2-5-14-11-4-3-8(9(12)6-11)10(13)7-11/h2,8-9,12H,1,3-7H2. The van der Waals surface area contributed by atoms with E-state index in [1.807, 2.05) is 0 Å². The first kappa shape index (κ1) is 9.87. The van der Waals surface area contributed by atoms with Gasteiger partial charge >= 0.3 is 0 Å². The van der Waals surface area contributed by atoms with Gasteiger partial charge in [0.2, 0.25) is 0 Å². The number of Topliss-reactive ketones (excluding diaryl/α,β-unsaturated/α-hetero) is 1. The first-order chi connectivity index (χ1) is 6.67. The molecule has 0 aliphatic heterocycles. The summed E-state index contributed by atoms with van der Waals surface area (Å²) in [5, 5.41) is 9.71. The molecule has 3 atom stereocenters. The summed E-state index contributed by atoms with van der Waals surface area (Å²) in [6.45, 7) is 4.05. The molecule has 3 aliphatic rings. The number of carbonyl (C=O) groups excluding carboxylic acids is 1. The molecule has 3 saturated carbocycles. The zero-order valence-electron chi connectivity index (χ0n) is 8.24. The van der Waals surface area contributed by atoms with Crippen LogP contribution in [0.3, 0.4) is 0 Å². The quantitative estimate of drug-likeness (QED) is 0.686. The zero-order valence-corrected chi connectivity index (χ0v) is 8.24. The van der Waals surface area contributed by atoms with Crippen molar-refractivity contribution in [1.29, 1.82) is 0 Å². The Hall–Kier alpha value is -0.670. The number of fused-ring (bicyclic) bond motifs is 3. The van der Waals surface area contributed by atoms with Crippen molar-refractivity contribution in [3.63, 3.8) is 0 Å². The highest BCUT2D eigenvalue weighted by molar-refractivity contribution is 5.84. The number of aliphatic hydroxyl groups excluding tert-OH is 1. The first-order valence-electron chi connectivity index (χ1n) is 5.12. The van der Waals surface area contributed by atoms with E-state index in [4.69, 9.17) is 4.74 Å². The summed E-state index contributed by atoms with van der Waals surface area (Å²) in [6.07, 6.45) is 3.95. The van der Waals surface area contributed by atoms with Crippen LogP contribution < -0.4 is 0 Å². The minimum absolute atomic E-state index is 0.121. The molecule has 14 heavy (non-hydrogen) atoms. The smallest absolute Gasteiger partial charge is 0.141 e. The lowest BCUT2D eigenvalue weighted by molar-refractivity contribution is -0.166. The zero-order chi connectivity index (χ0) is 10.2. The number of ether oxygens (including phenoxy) is 1. The van der Waals surface area contributed by atoms with Gasteiger partial charge < -0.3 is 9.84 Å². The molecule has 3 nitrogen and oxygen atoms in total. The SMILES string of the molecule is C=CCOC12CCC(C(=O)C1)C(O)C2. The lowest BCUT2D eigenvalue weighted by atomic mass is 9.65. The molecule has 0 aromatic carbocycles. The number of ketones is 1. The second kappa shape index (κ2) is 3.48. The highest BCUT2D eigenvalue weighted by Crippen LogP contribution is 2.44. The van der Waals surface area contributed by atoms with Gasteiger partial charge in [0.15, 0.2) is 0 Å². The molecule has 0 aromatic heterocycles. The molecule has 0 radical (unpaired) electrons. The average molecular weight is 196 g/mol. The lowest BCUT2D eigenvalue weighted by Crippen LogP contribution is -2.54.